The van der Waals surface area contributed by atoms with Crippen molar-refractivity contribution in [1.82, 2.24) is 30.5 Å². The lowest BCUT2D eigenvalue weighted by Crippen LogP contribution is -2.30. The summed E-state index contributed by atoms with van der Waals surface area (Å²) in [5.41, 5.74) is 6.00. The molecule has 4 rings (SSSR count). The second kappa shape index (κ2) is 7.13. The first-order chi connectivity index (χ1) is 13.1. The van der Waals surface area contributed by atoms with Crippen LogP contribution in [0.25, 0.3) is 10.9 Å². The Morgan fingerprint density at radius 2 is 2.19 bits per heavy atom. The molecule has 1 amide bonds. The van der Waals surface area contributed by atoms with E-state index in [2.05, 4.69) is 58.7 Å². The minimum Gasteiger partial charge on any atom is -0.358 e. The first-order valence-corrected chi connectivity index (χ1v) is 9.73. The van der Waals surface area contributed by atoms with Gasteiger partial charge in [0.05, 0.1) is 11.4 Å². The minimum absolute atomic E-state index is 0.00148. The van der Waals surface area contributed by atoms with E-state index in [1.165, 1.54) is 22.2 Å². The van der Waals surface area contributed by atoms with Gasteiger partial charge in [-0.3, -0.25) is 4.79 Å². The Labute approximate surface area is 158 Å². The molecule has 2 N–H and O–H groups in total. The summed E-state index contributed by atoms with van der Waals surface area (Å²) in [6.45, 7) is 7.69. The summed E-state index contributed by atoms with van der Waals surface area (Å²) in [6.07, 6.45) is 3.75. The van der Waals surface area contributed by atoms with Gasteiger partial charge in [-0.25, -0.2) is 4.68 Å². The van der Waals surface area contributed by atoms with E-state index in [4.69, 9.17) is 0 Å². The van der Waals surface area contributed by atoms with E-state index < -0.39 is 0 Å². The van der Waals surface area contributed by atoms with E-state index in [9.17, 15) is 4.79 Å². The molecule has 0 saturated heterocycles. The topological polar surface area (TPSA) is 88.5 Å². The first-order valence-electron chi connectivity index (χ1n) is 9.73. The van der Waals surface area contributed by atoms with Gasteiger partial charge in [0.15, 0.2) is 5.82 Å². The molecule has 7 heteroatoms. The van der Waals surface area contributed by atoms with Gasteiger partial charge in [0, 0.05) is 24.2 Å². The maximum absolute atomic E-state index is 12.9. The van der Waals surface area contributed by atoms with E-state index in [-0.39, 0.29) is 11.8 Å². The molecule has 27 heavy (non-hydrogen) atoms. The van der Waals surface area contributed by atoms with E-state index in [1.807, 2.05) is 0 Å². The Balaban J connectivity index is 1.58. The number of hydrogen-bond donors (Lipinski definition) is 2. The predicted molar refractivity (Wildman–Crippen MR) is 103 cm³/mol. The average Bonchev–Trinajstić information content (AvgIpc) is 3.18. The number of aryl methyl sites for hydroxylation is 4. The van der Waals surface area contributed by atoms with Gasteiger partial charge in [0.25, 0.3) is 0 Å². The van der Waals surface area contributed by atoms with Crippen LogP contribution < -0.4 is 5.32 Å². The SMILES string of the molecule is CCc1[nH]c2c(CNC(=O)C3CCCCn4nnnc43)cc(C)cc2c1C. The number of fused-ring (bicyclic) bond motifs is 2. The molecule has 1 aliphatic rings. The summed E-state index contributed by atoms with van der Waals surface area (Å²) in [5, 5.41) is 16.2. The lowest BCUT2D eigenvalue weighted by Gasteiger charge is -2.14. The highest BCUT2D eigenvalue weighted by Crippen LogP contribution is 2.28. The highest BCUT2D eigenvalue weighted by atomic mass is 16.1. The highest BCUT2D eigenvalue weighted by Gasteiger charge is 2.28. The number of carbonyl (C=O) groups is 1. The van der Waals surface area contributed by atoms with Crippen LogP contribution in [0.15, 0.2) is 12.1 Å². The van der Waals surface area contributed by atoms with Crippen LogP contribution in [-0.4, -0.2) is 31.1 Å². The molecule has 0 bridgehead atoms. The third kappa shape index (κ3) is 3.22. The number of carbonyl (C=O) groups excluding carboxylic acids is 1. The summed E-state index contributed by atoms with van der Waals surface area (Å²) in [4.78, 5) is 16.5. The van der Waals surface area contributed by atoms with Crippen molar-refractivity contribution in [2.75, 3.05) is 0 Å². The Morgan fingerprint density at radius 3 is 3.00 bits per heavy atom. The number of nitrogens with zero attached hydrogens (tertiary/aromatic N) is 4. The monoisotopic (exact) mass is 366 g/mol. The Bertz CT molecular complexity index is 986. The van der Waals surface area contributed by atoms with Gasteiger partial charge in [0.2, 0.25) is 5.91 Å². The molecule has 3 aromatic rings. The van der Waals surface area contributed by atoms with Crippen LogP contribution in [0.2, 0.25) is 0 Å². The van der Waals surface area contributed by atoms with Gasteiger partial charge < -0.3 is 10.3 Å². The number of aromatic amines is 1. The van der Waals surface area contributed by atoms with Crippen molar-refractivity contribution in [2.45, 2.75) is 65.5 Å². The Kier molecular flexibility index (Phi) is 4.68. The maximum Gasteiger partial charge on any atom is 0.231 e. The predicted octanol–water partition coefficient (Wildman–Crippen LogP) is 2.92. The smallest absolute Gasteiger partial charge is 0.231 e. The standard InChI is InChI=1S/C20H26N6O/c1-4-17-13(3)16-10-12(2)9-14(18(16)22-17)11-21-20(27)15-7-5-6-8-26-19(15)23-24-25-26/h9-10,15,22H,4-8,11H2,1-3H3,(H,21,27). The molecule has 1 aromatic carbocycles. The average molecular weight is 366 g/mol. The van der Waals surface area contributed by atoms with E-state index >= 15 is 0 Å². The van der Waals surface area contributed by atoms with Crippen LogP contribution in [0.1, 0.15) is 60.3 Å². The summed E-state index contributed by atoms with van der Waals surface area (Å²) in [6, 6.07) is 4.36. The number of nitrogens with one attached hydrogen (secondary N) is 2. The second-order valence-corrected chi connectivity index (χ2v) is 7.46. The van der Waals surface area contributed by atoms with Crippen LogP contribution in [-0.2, 0) is 24.3 Å². The van der Waals surface area contributed by atoms with Crippen LogP contribution in [0, 0.1) is 13.8 Å². The molecule has 0 aliphatic carbocycles. The number of H-pyrrole nitrogens is 1. The summed E-state index contributed by atoms with van der Waals surface area (Å²) in [5.74, 6) is 0.407. The minimum atomic E-state index is -0.278. The lowest BCUT2D eigenvalue weighted by molar-refractivity contribution is -0.123. The van der Waals surface area contributed by atoms with Crippen LogP contribution in [0.4, 0.5) is 0 Å². The molecular weight excluding hydrogens is 340 g/mol. The van der Waals surface area contributed by atoms with E-state index in [1.54, 1.807) is 4.68 Å². The maximum atomic E-state index is 12.9. The third-order valence-electron chi connectivity index (χ3n) is 5.60. The van der Waals surface area contributed by atoms with Crippen molar-refractivity contribution in [3.05, 3.63) is 40.3 Å². The third-order valence-corrected chi connectivity index (χ3v) is 5.60. The molecule has 0 saturated carbocycles. The molecule has 7 nitrogen and oxygen atoms in total. The zero-order valence-corrected chi connectivity index (χ0v) is 16.2. The summed E-state index contributed by atoms with van der Waals surface area (Å²) < 4.78 is 1.77. The van der Waals surface area contributed by atoms with Crippen LogP contribution in [0.5, 0.6) is 0 Å². The van der Waals surface area contributed by atoms with Gasteiger partial charge in [-0.15, -0.1) is 5.10 Å². The van der Waals surface area contributed by atoms with E-state index in [0.29, 0.717) is 12.4 Å². The van der Waals surface area contributed by atoms with Gasteiger partial charge in [-0.1, -0.05) is 25.0 Å². The molecule has 1 aliphatic heterocycles. The molecule has 1 unspecified atom stereocenters. The first kappa shape index (κ1) is 17.7. The highest BCUT2D eigenvalue weighted by molar-refractivity contribution is 5.89. The Morgan fingerprint density at radius 1 is 1.33 bits per heavy atom. The van der Waals surface area contributed by atoms with E-state index in [0.717, 1.165) is 43.3 Å². The van der Waals surface area contributed by atoms with Crippen molar-refractivity contribution in [2.24, 2.45) is 0 Å². The van der Waals surface area contributed by atoms with Crippen molar-refractivity contribution < 1.29 is 4.79 Å². The fraction of sp³-hybridized carbons (Fsp3) is 0.500. The fourth-order valence-electron chi connectivity index (χ4n) is 4.12. The quantitative estimate of drug-likeness (QED) is 0.743. The number of hydrogen-bond acceptors (Lipinski definition) is 4. The fourth-order valence-corrected chi connectivity index (χ4v) is 4.12. The van der Waals surface area contributed by atoms with Gasteiger partial charge >= 0.3 is 0 Å². The van der Waals surface area contributed by atoms with Crippen molar-refractivity contribution in [3.8, 4) is 0 Å². The van der Waals surface area contributed by atoms with Crippen molar-refractivity contribution >= 4 is 16.8 Å². The number of rotatable bonds is 4. The molecule has 0 fully saturated rings. The molecule has 142 valence electrons. The zero-order chi connectivity index (χ0) is 19.0. The normalized spacial score (nSPS) is 16.9. The molecule has 2 aromatic heterocycles. The molecule has 3 heterocycles. The number of benzene rings is 1. The van der Waals surface area contributed by atoms with Crippen LogP contribution in [0.3, 0.4) is 0 Å². The number of tetrazole rings is 1. The Hall–Kier alpha value is -2.70. The van der Waals surface area contributed by atoms with Gasteiger partial charge in [-0.05, 0) is 60.7 Å². The van der Waals surface area contributed by atoms with Crippen molar-refractivity contribution in [1.29, 1.82) is 0 Å². The second-order valence-electron chi connectivity index (χ2n) is 7.46. The summed E-state index contributed by atoms with van der Waals surface area (Å²) in [7, 11) is 0. The zero-order valence-electron chi connectivity index (χ0n) is 16.2. The van der Waals surface area contributed by atoms with Gasteiger partial charge in [-0.2, -0.15) is 0 Å². The molecule has 0 radical (unpaired) electrons. The summed E-state index contributed by atoms with van der Waals surface area (Å²) >= 11 is 0. The van der Waals surface area contributed by atoms with Gasteiger partial charge in [0.1, 0.15) is 0 Å². The van der Waals surface area contributed by atoms with Crippen molar-refractivity contribution in [3.63, 3.8) is 0 Å². The molecule has 0 spiro atoms. The lowest BCUT2D eigenvalue weighted by atomic mass is 10.0. The number of aromatic nitrogens is 5. The van der Waals surface area contributed by atoms with Crippen LogP contribution >= 0.6 is 0 Å². The number of amides is 1. The molecule has 1 atom stereocenters. The largest absolute Gasteiger partial charge is 0.358 e. The molecular formula is C20H26N6O.